The van der Waals surface area contributed by atoms with Crippen LogP contribution in [0, 0.1) is 0 Å². The first-order chi connectivity index (χ1) is 10.0. The Bertz CT molecular complexity index is 571. The lowest BCUT2D eigenvalue weighted by Crippen LogP contribution is -2.56. The van der Waals surface area contributed by atoms with Crippen LogP contribution in [0.15, 0.2) is 12.1 Å². The van der Waals surface area contributed by atoms with Gasteiger partial charge in [-0.15, -0.1) is 0 Å². The molecule has 1 aromatic carbocycles. The van der Waals surface area contributed by atoms with E-state index >= 15 is 0 Å². The predicted octanol–water partition coefficient (Wildman–Crippen LogP) is 1.03. The van der Waals surface area contributed by atoms with Crippen LogP contribution in [0.1, 0.15) is 39.6 Å². The number of hydrogen-bond acceptors (Lipinski definition) is 6. The van der Waals surface area contributed by atoms with E-state index in [1.165, 1.54) is 21.3 Å². The highest BCUT2D eigenvalue weighted by atomic mass is 28.4. The molecule has 1 aromatic rings. The normalized spacial score (nSPS) is 14.3. The van der Waals surface area contributed by atoms with E-state index in [0.717, 1.165) is 6.42 Å². The van der Waals surface area contributed by atoms with E-state index in [0.29, 0.717) is 28.3 Å². The summed E-state index contributed by atoms with van der Waals surface area (Å²) >= 11 is 0. The lowest BCUT2D eigenvalue weighted by atomic mass is 9.99. The number of cyclic esters (lactones) is 2. The van der Waals surface area contributed by atoms with Gasteiger partial charge in [-0.3, -0.25) is 0 Å². The van der Waals surface area contributed by atoms with Crippen LogP contribution in [0.2, 0.25) is 0 Å². The van der Waals surface area contributed by atoms with E-state index in [1.807, 2.05) is 6.92 Å². The minimum Gasteiger partial charge on any atom is -0.386 e. The van der Waals surface area contributed by atoms with Crippen LogP contribution in [0.3, 0.4) is 0 Å². The van der Waals surface area contributed by atoms with Crippen molar-refractivity contribution < 1.29 is 27.6 Å². The molecular weight excluding hydrogens is 292 g/mol. The predicted molar refractivity (Wildman–Crippen MR) is 76.6 cm³/mol. The first-order valence-electron chi connectivity index (χ1n) is 6.62. The minimum absolute atomic E-state index is 0.290. The van der Waals surface area contributed by atoms with Crippen molar-refractivity contribution in [1.82, 2.24) is 0 Å². The Morgan fingerprint density at radius 3 is 2.19 bits per heavy atom. The van der Waals surface area contributed by atoms with E-state index in [4.69, 9.17) is 18.0 Å². The molecule has 0 amide bonds. The Kier molecular flexibility index (Phi) is 4.57. The zero-order valence-corrected chi connectivity index (χ0v) is 13.5. The van der Waals surface area contributed by atoms with Crippen LogP contribution in [0.4, 0.5) is 0 Å². The third-order valence-corrected chi connectivity index (χ3v) is 6.30. The molecule has 0 saturated carbocycles. The summed E-state index contributed by atoms with van der Waals surface area (Å²) in [5.41, 5.74) is 1.31. The lowest BCUT2D eigenvalue weighted by molar-refractivity contribution is 0.0443. The molecule has 1 aliphatic heterocycles. The van der Waals surface area contributed by atoms with Gasteiger partial charge in [-0.25, -0.2) is 9.59 Å². The summed E-state index contributed by atoms with van der Waals surface area (Å²) < 4.78 is 21.2. The molecule has 0 saturated heterocycles. The molecular formula is C14H18O6Si. The maximum atomic E-state index is 12.0. The number of rotatable bonds is 6. The van der Waals surface area contributed by atoms with Crippen LogP contribution in [-0.4, -0.2) is 42.1 Å². The molecule has 0 unspecified atom stereocenters. The largest absolute Gasteiger partial charge is 0.536 e. The molecule has 21 heavy (non-hydrogen) atoms. The van der Waals surface area contributed by atoms with Gasteiger partial charge in [-0.1, -0.05) is 19.4 Å². The fraction of sp³-hybridized carbons (Fsp3) is 0.429. The molecule has 0 aromatic heterocycles. The van der Waals surface area contributed by atoms with Crippen LogP contribution in [-0.2, 0) is 24.4 Å². The maximum absolute atomic E-state index is 12.0. The van der Waals surface area contributed by atoms with Gasteiger partial charge in [0, 0.05) is 26.5 Å². The lowest BCUT2D eigenvalue weighted by Gasteiger charge is -2.27. The van der Waals surface area contributed by atoms with Crippen molar-refractivity contribution in [3.05, 3.63) is 28.8 Å². The molecule has 0 N–H and O–H groups in total. The second-order valence-electron chi connectivity index (χ2n) is 4.61. The van der Waals surface area contributed by atoms with E-state index in [1.54, 1.807) is 12.1 Å². The molecule has 0 fully saturated rings. The minimum atomic E-state index is -3.09. The summed E-state index contributed by atoms with van der Waals surface area (Å²) in [5, 5.41) is 0.697. The van der Waals surface area contributed by atoms with E-state index < -0.39 is 20.7 Å². The summed E-state index contributed by atoms with van der Waals surface area (Å²) in [5.74, 6) is -1.23. The second-order valence-corrected chi connectivity index (χ2v) is 7.49. The van der Waals surface area contributed by atoms with Crippen LogP contribution >= 0.6 is 0 Å². The standard InChI is InChI=1S/C14H18O6Si/c1-5-6-9-11(21(17-2,18-3)19-4)8-7-10-12(9)14(16)20-13(10)15/h7-8H,5-6H2,1-4H3. The summed E-state index contributed by atoms with van der Waals surface area (Å²) in [7, 11) is 1.43. The smallest absolute Gasteiger partial charge is 0.386 e. The molecule has 1 heterocycles. The Balaban J connectivity index is 2.71. The fourth-order valence-electron chi connectivity index (χ4n) is 2.62. The average Bonchev–Trinajstić information content (AvgIpc) is 2.78. The van der Waals surface area contributed by atoms with Gasteiger partial charge in [0.15, 0.2) is 0 Å². The second kappa shape index (κ2) is 6.06. The summed E-state index contributed by atoms with van der Waals surface area (Å²) in [6, 6.07) is 3.29. The van der Waals surface area contributed by atoms with Gasteiger partial charge in [0.05, 0.1) is 11.1 Å². The van der Waals surface area contributed by atoms with Crippen molar-refractivity contribution in [2.24, 2.45) is 0 Å². The molecule has 7 heteroatoms. The summed E-state index contributed by atoms with van der Waals surface area (Å²) in [6.07, 6.45) is 1.40. The first-order valence-corrected chi connectivity index (χ1v) is 8.35. The van der Waals surface area contributed by atoms with Crippen LogP contribution in [0.5, 0.6) is 0 Å². The third-order valence-electron chi connectivity index (χ3n) is 3.56. The van der Waals surface area contributed by atoms with Crippen molar-refractivity contribution in [3.63, 3.8) is 0 Å². The Morgan fingerprint density at radius 1 is 1.05 bits per heavy atom. The first kappa shape index (κ1) is 15.8. The number of carbonyl (C=O) groups excluding carboxylic acids is 2. The zero-order chi connectivity index (χ0) is 15.6. The summed E-state index contributed by atoms with van der Waals surface area (Å²) in [4.78, 5) is 23.6. The number of fused-ring (bicyclic) bond motifs is 1. The highest BCUT2D eigenvalue weighted by Crippen LogP contribution is 2.26. The Labute approximate surface area is 124 Å². The van der Waals surface area contributed by atoms with Crippen molar-refractivity contribution in [3.8, 4) is 0 Å². The topological polar surface area (TPSA) is 71.1 Å². The highest BCUT2D eigenvalue weighted by molar-refractivity contribution is 6.75. The number of hydrogen-bond donors (Lipinski definition) is 0. The molecule has 0 bridgehead atoms. The Hall–Kier alpha value is -1.54. The number of esters is 2. The van der Waals surface area contributed by atoms with Crippen LogP contribution in [0.25, 0.3) is 0 Å². The van der Waals surface area contributed by atoms with Gasteiger partial charge in [0.25, 0.3) is 0 Å². The summed E-state index contributed by atoms with van der Waals surface area (Å²) in [6.45, 7) is 1.99. The van der Waals surface area contributed by atoms with Crippen LogP contribution < -0.4 is 5.19 Å². The third kappa shape index (κ3) is 2.42. The molecule has 0 radical (unpaired) electrons. The zero-order valence-electron chi connectivity index (χ0n) is 12.5. The Morgan fingerprint density at radius 2 is 1.67 bits per heavy atom. The van der Waals surface area contributed by atoms with Crippen molar-refractivity contribution in [1.29, 1.82) is 0 Å². The molecule has 1 aliphatic rings. The van der Waals surface area contributed by atoms with Gasteiger partial charge in [0.2, 0.25) is 0 Å². The van der Waals surface area contributed by atoms with E-state index in [9.17, 15) is 9.59 Å². The van der Waals surface area contributed by atoms with E-state index in [2.05, 4.69) is 0 Å². The molecule has 0 aliphatic carbocycles. The van der Waals surface area contributed by atoms with Crippen molar-refractivity contribution in [2.75, 3.05) is 21.3 Å². The molecule has 6 nitrogen and oxygen atoms in total. The number of carbonyl (C=O) groups is 2. The SMILES string of the molecule is CCCc1c([Si](OC)(OC)OC)ccc2c1C(=O)OC2=O. The number of benzene rings is 1. The average molecular weight is 310 g/mol. The van der Waals surface area contributed by atoms with Gasteiger partial charge < -0.3 is 18.0 Å². The molecule has 2 rings (SSSR count). The molecule has 0 spiro atoms. The van der Waals surface area contributed by atoms with Crippen molar-refractivity contribution in [2.45, 2.75) is 19.8 Å². The van der Waals surface area contributed by atoms with Gasteiger partial charge in [-0.05, 0) is 18.1 Å². The maximum Gasteiger partial charge on any atom is 0.536 e. The molecule has 0 atom stereocenters. The molecule has 114 valence electrons. The van der Waals surface area contributed by atoms with E-state index in [-0.39, 0.29) is 0 Å². The van der Waals surface area contributed by atoms with Gasteiger partial charge in [0.1, 0.15) is 0 Å². The van der Waals surface area contributed by atoms with Gasteiger partial charge in [-0.2, -0.15) is 0 Å². The quantitative estimate of drug-likeness (QED) is 0.444. The monoisotopic (exact) mass is 310 g/mol. The van der Waals surface area contributed by atoms with Crippen molar-refractivity contribution >= 4 is 25.9 Å². The number of ether oxygens (including phenoxy) is 1. The fourth-order valence-corrected chi connectivity index (χ4v) is 4.68. The van der Waals surface area contributed by atoms with Gasteiger partial charge >= 0.3 is 20.7 Å². The highest BCUT2D eigenvalue weighted by Gasteiger charge is 2.45.